The molecule has 0 saturated heterocycles. The molecule has 31 heavy (non-hydrogen) atoms. The number of aromatic nitrogens is 2. The first-order valence-corrected chi connectivity index (χ1v) is 11.4. The third-order valence-electron chi connectivity index (χ3n) is 5.44. The van der Waals surface area contributed by atoms with E-state index in [1.54, 1.807) is 0 Å². The highest BCUT2D eigenvalue weighted by molar-refractivity contribution is 5.54. The maximum Gasteiger partial charge on any atom is 0.119 e. The lowest BCUT2D eigenvalue weighted by molar-refractivity contribution is 0.304. The van der Waals surface area contributed by atoms with Crippen molar-refractivity contribution in [1.82, 2.24) is 15.1 Å². The standard InChI is InChI=1S/C27H35N3O/c1-3-25-14-15-27(18-26(25)4-2)31-17-11-6-5-10-16-28-19-24-20-29-30(22-24)21-23-12-8-7-9-13-23/h3,7-9,12-15,18,20,22,28H,1,4-6,10-11,16-17,19,21H2,2H3. The van der Waals surface area contributed by atoms with Crippen molar-refractivity contribution in [2.24, 2.45) is 0 Å². The molecule has 0 fully saturated rings. The molecule has 4 nitrogen and oxygen atoms in total. The lowest BCUT2D eigenvalue weighted by atomic mass is 10.1. The van der Waals surface area contributed by atoms with Gasteiger partial charge in [-0.3, -0.25) is 4.68 Å². The Kier molecular flexibility index (Phi) is 9.39. The topological polar surface area (TPSA) is 39.1 Å². The van der Waals surface area contributed by atoms with Crippen molar-refractivity contribution in [1.29, 1.82) is 0 Å². The van der Waals surface area contributed by atoms with Gasteiger partial charge in [0.05, 0.1) is 19.3 Å². The van der Waals surface area contributed by atoms with Crippen molar-refractivity contribution in [2.45, 2.75) is 52.1 Å². The molecule has 4 heteroatoms. The second-order valence-electron chi connectivity index (χ2n) is 7.89. The van der Waals surface area contributed by atoms with Crippen LogP contribution in [0.3, 0.4) is 0 Å². The van der Waals surface area contributed by atoms with Crippen LogP contribution in [0.4, 0.5) is 0 Å². The van der Waals surface area contributed by atoms with Crippen molar-refractivity contribution < 1.29 is 4.74 Å². The zero-order valence-corrected chi connectivity index (χ0v) is 18.7. The van der Waals surface area contributed by atoms with Crippen molar-refractivity contribution in [2.75, 3.05) is 13.2 Å². The molecule has 0 saturated carbocycles. The summed E-state index contributed by atoms with van der Waals surface area (Å²) >= 11 is 0. The molecule has 0 atom stereocenters. The smallest absolute Gasteiger partial charge is 0.119 e. The fourth-order valence-electron chi connectivity index (χ4n) is 3.66. The molecule has 1 heterocycles. The van der Waals surface area contributed by atoms with Gasteiger partial charge in [0, 0.05) is 18.3 Å². The summed E-state index contributed by atoms with van der Waals surface area (Å²) < 4.78 is 7.92. The maximum absolute atomic E-state index is 5.92. The number of hydrogen-bond acceptors (Lipinski definition) is 3. The van der Waals surface area contributed by atoms with Crippen molar-refractivity contribution in [3.63, 3.8) is 0 Å². The van der Waals surface area contributed by atoms with Crippen LogP contribution < -0.4 is 10.1 Å². The molecule has 0 aliphatic carbocycles. The van der Waals surface area contributed by atoms with Gasteiger partial charge in [0.1, 0.15) is 5.75 Å². The zero-order chi connectivity index (χ0) is 21.7. The minimum absolute atomic E-state index is 0.782. The third kappa shape index (κ3) is 7.72. The van der Waals surface area contributed by atoms with E-state index in [2.05, 4.69) is 66.5 Å². The first-order chi connectivity index (χ1) is 15.3. The Labute approximate surface area is 187 Å². The van der Waals surface area contributed by atoms with Gasteiger partial charge in [0.15, 0.2) is 0 Å². The van der Waals surface area contributed by atoms with Gasteiger partial charge in [0.25, 0.3) is 0 Å². The highest BCUT2D eigenvalue weighted by Crippen LogP contribution is 2.20. The molecule has 0 bridgehead atoms. The lowest BCUT2D eigenvalue weighted by Gasteiger charge is -2.10. The third-order valence-corrected chi connectivity index (χ3v) is 5.44. The Balaban J connectivity index is 1.23. The number of ether oxygens (including phenoxy) is 1. The number of benzene rings is 2. The van der Waals surface area contributed by atoms with Gasteiger partial charge in [-0.25, -0.2) is 0 Å². The number of nitrogens with zero attached hydrogens (tertiary/aromatic N) is 2. The Bertz CT molecular complexity index is 917. The van der Waals surface area contributed by atoms with E-state index in [4.69, 9.17) is 4.74 Å². The van der Waals surface area contributed by atoms with E-state index in [-0.39, 0.29) is 0 Å². The molecule has 0 spiro atoms. The molecule has 0 aliphatic rings. The molecular weight excluding hydrogens is 382 g/mol. The SMILES string of the molecule is C=Cc1ccc(OCCCCCCNCc2cnn(Cc3ccccc3)c2)cc1CC. The summed E-state index contributed by atoms with van der Waals surface area (Å²) in [5.74, 6) is 0.969. The van der Waals surface area contributed by atoms with E-state index >= 15 is 0 Å². The summed E-state index contributed by atoms with van der Waals surface area (Å²) in [6, 6.07) is 16.7. The zero-order valence-electron chi connectivity index (χ0n) is 18.7. The van der Waals surface area contributed by atoms with Gasteiger partial charge in [-0.15, -0.1) is 0 Å². The largest absolute Gasteiger partial charge is 0.494 e. The number of rotatable bonds is 14. The summed E-state index contributed by atoms with van der Waals surface area (Å²) in [5.41, 5.74) is 5.00. The predicted molar refractivity (Wildman–Crippen MR) is 129 cm³/mol. The van der Waals surface area contributed by atoms with Gasteiger partial charge >= 0.3 is 0 Å². The van der Waals surface area contributed by atoms with Crippen molar-refractivity contribution in [3.05, 3.63) is 89.8 Å². The second-order valence-corrected chi connectivity index (χ2v) is 7.89. The molecule has 3 rings (SSSR count). The monoisotopic (exact) mass is 417 g/mol. The predicted octanol–water partition coefficient (Wildman–Crippen LogP) is 5.87. The molecule has 164 valence electrons. The number of unbranched alkanes of at least 4 members (excludes halogenated alkanes) is 3. The van der Waals surface area contributed by atoms with Crippen LogP contribution in [0.5, 0.6) is 5.75 Å². The van der Waals surface area contributed by atoms with E-state index in [0.29, 0.717) is 0 Å². The number of hydrogen-bond donors (Lipinski definition) is 1. The van der Waals surface area contributed by atoms with E-state index in [1.165, 1.54) is 41.5 Å². The Morgan fingerprint density at radius 3 is 2.68 bits per heavy atom. The first-order valence-electron chi connectivity index (χ1n) is 11.4. The minimum atomic E-state index is 0.782. The number of aryl methyl sites for hydroxylation is 1. The average Bonchev–Trinajstić information content (AvgIpc) is 3.25. The van der Waals surface area contributed by atoms with Crippen LogP contribution in [-0.4, -0.2) is 22.9 Å². The fourth-order valence-corrected chi connectivity index (χ4v) is 3.66. The molecular formula is C27H35N3O. The van der Waals surface area contributed by atoms with Crippen LogP contribution in [-0.2, 0) is 19.5 Å². The van der Waals surface area contributed by atoms with Gasteiger partial charge in [-0.2, -0.15) is 5.10 Å². The van der Waals surface area contributed by atoms with Crippen LogP contribution in [0.25, 0.3) is 6.08 Å². The Morgan fingerprint density at radius 1 is 1.03 bits per heavy atom. The van der Waals surface area contributed by atoms with Gasteiger partial charge in [-0.05, 0) is 54.6 Å². The van der Waals surface area contributed by atoms with Crippen LogP contribution >= 0.6 is 0 Å². The van der Waals surface area contributed by atoms with Crippen LogP contribution in [0.15, 0.2) is 67.5 Å². The van der Waals surface area contributed by atoms with Crippen LogP contribution in [0.1, 0.15) is 54.9 Å². The van der Waals surface area contributed by atoms with Crippen molar-refractivity contribution in [3.8, 4) is 5.75 Å². The van der Waals surface area contributed by atoms with Crippen LogP contribution in [0.2, 0.25) is 0 Å². The summed E-state index contributed by atoms with van der Waals surface area (Å²) in [5, 5.41) is 7.99. The van der Waals surface area contributed by atoms with Gasteiger partial charge in [-0.1, -0.05) is 68.8 Å². The van der Waals surface area contributed by atoms with Gasteiger partial charge < -0.3 is 10.1 Å². The molecule has 1 aromatic heterocycles. The lowest BCUT2D eigenvalue weighted by Crippen LogP contribution is -2.14. The van der Waals surface area contributed by atoms with E-state index < -0.39 is 0 Å². The first kappa shape index (κ1) is 22.8. The average molecular weight is 418 g/mol. The number of nitrogens with one attached hydrogen (secondary N) is 1. The summed E-state index contributed by atoms with van der Waals surface area (Å²) in [6.07, 6.45) is 11.7. The summed E-state index contributed by atoms with van der Waals surface area (Å²) in [4.78, 5) is 0. The molecule has 3 aromatic rings. The quantitative estimate of drug-likeness (QED) is 0.334. The molecule has 2 aromatic carbocycles. The Hall–Kier alpha value is -2.85. The molecule has 0 aliphatic heterocycles. The molecule has 0 unspecified atom stereocenters. The van der Waals surface area contributed by atoms with Crippen LogP contribution in [0, 0.1) is 0 Å². The van der Waals surface area contributed by atoms with E-state index in [0.717, 1.165) is 44.8 Å². The highest BCUT2D eigenvalue weighted by atomic mass is 16.5. The van der Waals surface area contributed by atoms with E-state index in [1.807, 2.05) is 29.1 Å². The summed E-state index contributed by atoms with van der Waals surface area (Å²) in [6.45, 7) is 9.54. The van der Waals surface area contributed by atoms with Gasteiger partial charge in [0.2, 0.25) is 0 Å². The maximum atomic E-state index is 5.92. The molecule has 0 radical (unpaired) electrons. The molecule has 0 amide bonds. The van der Waals surface area contributed by atoms with Crippen molar-refractivity contribution >= 4 is 6.08 Å². The Morgan fingerprint density at radius 2 is 1.87 bits per heavy atom. The second kappa shape index (κ2) is 12.8. The summed E-state index contributed by atoms with van der Waals surface area (Å²) in [7, 11) is 0. The van der Waals surface area contributed by atoms with E-state index in [9.17, 15) is 0 Å². The molecule has 1 N–H and O–H groups in total. The highest BCUT2D eigenvalue weighted by Gasteiger charge is 2.02. The minimum Gasteiger partial charge on any atom is -0.494 e. The normalized spacial score (nSPS) is 10.9. The fraction of sp³-hybridized carbons (Fsp3) is 0.370.